The fraction of sp³-hybridized carbons (Fsp3) is 0.111. The molecule has 0 saturated carbocycles. The van der Waals surface area contributed by atoms with Crippen LogP contribution in [0.5, 0.6) is 0 Å². The van der Waals surface area contributed by atoms with E-state index in [9.17, 15) is 13.2 Å². The second-order valence-corrected chi connectivity index (χ2v) is 8.14. The van der Waals surface area contributed by atoms with Gasteiger partial charge in [-0.2, -0.15) is 0 Å². The summed E-state index contributed by atoms with van der Waals surface area (Å²) in [6.45, 7) is -0.00561. The van der Waals surface area contributed by atoms with Crippen LogP contribution in [0.4, 0.5) is 5.13 Å². The van der Waals surface area contributed by atoms with Crippen LogP contribution in [0.3, 0.4) is 0 Å². The highest BCUT2D eigenvalue weighted by Crippen LogP contribution is 2.25. The minimum absolute atomic E-state index is 0.117. The summed E-state index contributed by atoms with van der Waals surface area (Å²) in [5.74, 6) is -0.399. The highest BCUT2D eigenvalue weighted by molar-refractivity contribution is 7.93. The van der Waals surface area contributed by atoms with Gasteiger partial charge in [0.15, 0.2) is 5.13 Å². The first-order chi connectivity index (χ1) is 12.6. The van der Waals surface area contributed by atoms with E-state index in [1.54, 1.807) is 23.6 Å². The normalized spacial score (nSPS) is 11.1. The van der Waals surface area contributed by atoms with Gasteiger partial charge in [-0.25, -0.2) is 17.7 Å². The number of thiazole rings is 1. The number of hydrogen-bond acceptors (Lipinski definition) is 5. The molecule has 1 amide bonds. The average molecular weight is 387 g/mol. The number of amides is 1. The van der Waals surface area contributed by atoms with Gasteiger partial charge in [-0.05, 0) is 17.7 Å². The van der Waals surface area contributed by atoms with Gasteiger partial charge in [-0.1, -0.05) is 48.5 Å². The Kier molecular flexibility index (Phi) is 5.65. The molecule has 0 fully saturated rings. The second kappa shape index (κ2) is 8.11. The molecule has 3 aromatic rings. The Bertz CT molecular complexity index is 944. The highest BCUT2D eigenvalue weighted by Gasteiger charge is 2.28. The second-order valence-electron chi connectivity index (χ2n) is 5.40. The quantitative estimate of drug-likeness (QED) is 0.676. The largest absolute Gasteiger partial charge is 0.350 e. The van der Waals surface area contributed by atoms with Crippen LogP contribution in [-0.4, -0.2) is 25.9 Å². The first-order valence-corrected chi connectivity index (χ1v) is 10.2. The lowest BCUT2D eigenvalue weighted by Gasteiger charge is -2.21. The molecule has 134 valence electrons. The van der Waals surface area contributed by atoms with Gasteiger partial charge >= 0.3 is 0 Å². The molecule has 0 radical (unpaired) electrons. The molecule has 1 N–H and O–H groups in total. The van der Waals surface area contributed by atoms with Crippen molar-refractivity contribution >= 4 is 32.4 Å². The zero-order chi connectivity index (χ0) is 18.4. The molecule has 0 bridgehead atoms. The standard InChI is InChI=1S/C18H17N3O3S2/c22-17(20-13-15-7-3-1-4-8-15)14-21(18-19-11-12-25-18)26(23,24)16-9-5-2-6-10-16/h1-12H,13-14H2,(H,20,22). The molecule has 3 rings (SSSR count). The van der Waals surface area contributed by atoms with E-state index in [0.717, 1.165) is 21.2 Å². The molecule has 0 unspecified atom stereocenters. The number of aromatic nitrogens is 1. The number of nitrogens with zero attached hydrogens (tertiary/aromatic N) is 2. The average Bonchev–Trinajstić information content (AvgIpc) is 3.20. The Morgan fingerprint density at radius 1 is 1.04 bits per heavy atom. The Morgan fingerprint density at radius 2 is 1.69 bits per heavy atom. The molecule has 1 heterocycles. The van der Waals surface area contributed by atoms with Crippen LogP contribution >= 0.6 is 11.3 Å². The highest BCUT2D eigenvalue weighted by atomic mass is 32.2. The van der Waals surface area contributed by atoms with Gasteiger partial charge in [0, 0.05) is 18.1 Å². The van der Waals surface area contributed by atoms with E-state index in [0.29, 0.717) is 6.54 Å². The van der Waals surface area contributed by atoms with Crippen molar-refractivity contribution in [2.24, 2.45) is 0 Å². The van der Waals surface area contributed by atoms with Crippen LogP contribution in [0.15, 0.2) is 77.1 Å². The molecule has 0 aliphatic heterocycles. The molecule has 26 heavy (non-hydrogen) atoms. The molecular weight excluding hydrogens is 370 g/mol. The third kappa shape index (κ3) is 4.27. The van der Waals surface area contributed by atoms with Crippen molar-refractivity contribution in [1.82, 2.24) is 10.3 Å². The van der Waals surface area contributed by atoms with Crippen LogP contribution in [0, 0.1) is 0 Å². The number of carbonyl (C=O) groups is 1. The van der Waals surface area contributed by atoms with E-state index < -0.39 is 15.9 Å². The molecule has 0 aliphatic carbocycles. The van der Waals surface area contributed by atoms with Gasteiger partial charge < -0.3 is 5.32 Å². The smallest absolute Gasteiger partial charge is 0.266 e. The van der Waals surface area contributed by atoms with Gasteiger partial charge in [0.2, 0.25) is 5.91 Å². The molecule has 2 aromatic carbocycles. The van der Waals surface area contributed by atoms with Gasteiger partial charge in [0.25, 0.3) is 10.0 Å². The monoisotopic (exact) mass is 387 g/mol. The Labute approximate surface area is 156 Å². The summed E-state index contributed by atoms with van der Waals surface area (Å²) in [4.78, 5) is 16.5. The summed E-state index contributed by atoms with van der Waals surface area (Å²) < 4.78 is 26.9. The maximum atomic E-state index is 13.0. The number of rotatable bonds is 7. The van der Waals surface area contributed by atoms with Gasteiger partial charge in [-0.15, -0.1) is 11.3 Å². The van der Waals surface area contributed by atoms with Crippen LogP contribution in [0.2, 0.25) is 0 Å². The molecular formula is C18H17N3O3S2. The minimum atomic E-state index is -3.88. The number of carbonyl (C=O) groups excluding carboxylic acids is 1. The molecule has 1 aromatic heterocycles. The van der Waals surface area contributed by atoms with Crippen LogP contribution in [0.25, 0.3) is 0 Å². The van der Waals surface area contributed by atoms with Crippen molar-refractivity contribution in [3.8, 4) is 0 Å². The first-order valence-electron chi connectivity index (χ1n) is 7.85. The van der Waals surface area contributed by atoms with Crippen molar-refractivity contribution in [2.45, 2.75) is 11.4 Å². The zero-order valence-electron chi connectivity index (χ0n) is 13.8. The fourth-order valence-corrected chi connectivity index (χ4v) is 4.56. The zero-order valence-corrected chi connectivity index (χ0v) is 15.4. The molecule has 0 spiro atoms. The maximum absolute atomic E-state index is 13.0. The Hall–Kier alpha value is -2.71. The summed E-state index contributed by atoms with van der Waals surface area (Å²) in [5.41, 5.74) is 0.938. The Balaban J connectivity index is 1.78. The lowest BCUT2D eigenvalue weighted by Crippen LogP contribution is -2.40. The predicted octanol–water partition coefficient (Wildman–Crippen LogP) is 2.65. The van der Waals surface area contributed by atoms with Crippen molar-refractivity contribution in [3.05, 3.63) is 77.8 Å². The summed E-state index contributed by atoms with van der Waals surface area (Å²) in [6.07, 6.45) is 1.51. The number of anilines is 1. The molecule has 0 aliphatic rings. The van der Waals surface area contributed by atoms with Gasteiger partial charge in [-0.3, -0.25) is 4.79 Å². The van der Waals surface area contributed by atoms with Crippen molar-refractivity contribution in [2.75, 3.05) is 10.8 Å². The van der Waals surface area contributed by atoms with Crippen LogP contribution < -0.4 is 9.62 Å². The Morgan fingerprint density at radius 3 is 2.31 bits per heavy atom. The molecule has 6 nitrogen and oxygen atoms in total. The molecule has 0 atom stereocenters. The number of benzene rings is 2. The SMILES string of the molecule is O=C(CN(c1nccs1)S(=O)(=O)c1ccccc1)NCc1ccccc1. The summed E-state index contributed by atoms with van der Waals surface area (Å²) in [5, 5.41) is 4.67. The summed E-state index contributed by atoms with van der Waals surface area (Å²) >= 11 is 1.16. The maximum Gasteiger partial charge on any atom is 0.266 e. The minimum Gasteiger partial charge on any atom is -0.350 e. The number of nitrogens with one attached hydrogen (secondary N) is 1. The third-order valence-corrected chi connectivity index (χ3v) is 6.24. The van der Waals surface area contributed by atoms with Crippen LogP contribution in [0.1, 0.15) is 5.56 Å². The van der Waals surface area contributed by atoms with E-state index in [1.807, 2.05) is 30.3 Å². The van der Waals surface area contributed by atoms with E-state index in [4.69, 9.17) is 0 Å². The lowest BCUT2D eigenvalue weighted by molar-refractivity contribution is -0.119. The molecule has 0 saturated heterocycles. The van der Waals surface area contributed by atoms with Gasteiger partial charge in [0.1, 0.15) is 6.54 Å². The topological polar surface area (TPSA) is 79.4 Å². The van der Waals surface area contributed by atoms with Crippen LogP contribution in [-0.2, 0) is 21.4 Å². The predicted molar refractivity (Wildman–Crippen MR) is 101 cm³/mol. The summed E-state index contributed by atoms with van der Waals surface area (Å²) in [7, 11) is -3.88. The van der Waals surface area contributed by atoms with Crippen molar-refractivity contribution < 1.29 is 13.2 Å². The van der Waals surface area contributed by atoms with Gasteiger partial charge in [0.05, 0.1) is 4.90 Å². The van der Waals surface area contributed by atoms with Crippen molar-refractivity contribution in [1.29, 1.82) is 0 Å². The third-order valence-electron chi connectivity index (χ3n) is 3.58. The number of hydrogen-bond donors (Lipinski definition) is 1. The molecule has 8 heteroatoms. The lowest BCUT2D eigenvalue weighted by atomic mass is 10.2. The van der Waals surface area contributed by atoms with Crippen molar-refractivity contribution in [3.63, 3.8) is 0 Å². The van der Waals surface area contributed by atoms with E-state index in [2.05, 4.69) is 10.3 Å². The first kappa shape index (κ1) is 18.1. The van der Waals surface area contributed by atoms with E-state index in [1.165, 1.54) is 18.3 Å². The summed E-state index contributed by atoms with van der Waals surface area (Å²) in [6, 6.07) is 17.4. The van der Waals surface area contributed by atoms with E-state index in [-0.39, 0.29) is 16.6 Å². The number of sulfonamides is 1. The van der Waals surface area contributed by atoms with E-state index >= 15 is 0 Å². The fourth-order valence-electron chi connectivity index (χ4n) is 2.30.